The van der Waals surface area contributed by atoms with E-state index in [4.69, 9.17) is 15.4 Å². The number of benzene rings is 1. The molecule has 0 aliphatic carbocycles. The zero-order valence-electron chi connectivity index (χ0n) is 11.7. The lowest BCUT2D eigenvalue weighted by Gasteiger charge is -2.19. The second-order valence-electron chi connectivity index (χ2n) is 4.57. The average molecular weight is 348 g/mol. The van der Waals surface area contributed by atoms with Crippen molar-refractivity contribution in [2.75, 3.05) is 11.9 Å². The molecule has 1 aromatic rings. The summed E-state index contributed by atoms with van der Waals surface area (Å²) in [6.45, 7) is -0.915. The summed E-state index contributed by atoms with van der Waals surface area (Å²) < 4.78 is 22.1. The zero-order valence-corrected chi connectivity index (χ0v) is 12.5. The zero-order chi connectivity index (χ0) is 17.8. The Labute approximate surface area is 131 Å². The molecule has 0 spiro atoms. The summed E-state index contributed by atoms with van der Waals surface area (Å²) in [5.41, 5.74) is 0.0418. The van der Waals surface area contributed by atoms with E-state index in [9.17, 15) is 28.2 Å². The monoisotopic (exact) mass is 348 g/mol. The van der Waals surface area contributed by atoms with E-state index >= 15 is 0 Å². The molecule has 10 nitrogen and oxygen atoms in total. The molecule has 7 N–H and O–H groups in total. The molecule has 0 saturated heterocycles. The molecule has 0 saturated carbocycles. The van der Waals surface area contributed by atoms with E-state index in [1.165, 1.54) is 0 Å². The van der Waals surface area contributed by atoms with E-state index < -0.39 is 46.6 Å². The molecule has 1 rings (SSSR count). The highest BCUT2D eigenvalue weighted by Crippen LogP contribution is 2.13. The van der Waals surface area contributed by atoms with Crippen molar-refractivity contribution in [3.05, 3.63) is 24.3 Å². The topological polar surface area (TPSA) is 187 Å². The fraction of sp³-hybridized carbons (Fsp3) is 0.333. The average Bonchev–Trinajstić information content (AvgIpc) is 2.51. The summed E-state index contributed by atoms with van der Waals surface area (Å²) in [6.07, 6.45) is -6.07. The summed E-state index contributed by atoms with van der Waals surface area (Å²) >= 11 is 0. The minimum absolute atomic E-state index is 0.0418. The fourth-order valence-corrected chi connectivity index (χ4v) is 2.04. The van der Waals surface area contributed by atoms with Gasteiger partial charge >= 0.3 is 0 Å². The minimum atomic E-state index is -3.91. The number of rotatable bonds is 7. The van der Waals surface area contributed by atoms with Gasteiger partial charge in [-0.25, -0.2) is 13.6 Å². The van der Waals surface area contributed by atoms with Crippen molar-refractivity contribution in [1.82, 2.24) is 0 Å². The second-order valence-corrected chi connectivity index (χ2v) is 6.13. The normalized spacial score (nSPS) is 15.5. The van der Waals surface area contributed by atoms with Gasteiger partial charge in [0.2, 0.25) is 10.0 Å². The van der Waals surface area contributed by atoms with Gasteiger partial charge in [0.25, 0.3) is 11.7 Å². The van der Waals surface area contributed by atoms with Crippen molar-refractivity contribution in [3.8, 4) is 0 Å². The van der Waals surface area contributed by atoms with Crippen molar-refractivity contribution < 1.29 is 38.4 Å². The van der Waals surface area contributed by atoms with Gasteiger partial charge in [-0.3, -0.25) is 9.59 Å². The number of anilines is 1. The van der Waals surface area contributed by atoms with Crippen molar-refractivity contribution in [3.63, 3.8) is 0 Å². The third-order valence-corrected chi connectivity index (χ3v) is 3.77. The Morgan fingerprint density at radius 3 is 2.09 bits per heavy atom. The first-order chi connectivity index (χ1) is 10.6. The standard InChI is InChI=1S/C12H16N2O8S/c13-23(21,22)7-3-1-6(2-4-7)14-12(20)11(19)10(18)9(17)8(16)5-15/h1-4,8-10,15-18H,5H2,(H,14,20)(H2,13,21,22)/t8-,9+,10+/m1/s1. The molecule has 0 unspecified atom stereocenters. The van der Waals surface area contributed by atoms with Gasteiger partial charge in [-0.2, -0.15) is 0 Å². The minimum Gasteiger partial charge on any atom is -0.394 e. The highest BCUT2D eigenvalue weighted by atomic mass is 32.2. The Bertz CT molecular complexity index is 673. The number of carbonyl (C=O) groups excluding carboxylic acids is 2. The number of hydrogen-bond donors (Lipinski definition) is 6. The molecule has 0 aliphatic rings. The third kappa shape index (κ3) is 5.06. The van der Waals surface area contributed by atoms with Crippen LogP contribution in [0.3, 0.4) is 0 Å². The Hall–Kier alpha value is -1.89. The summed E-state index contributed by atoms with van der Waals surface area (Å²) in [5, 5.41) is 43.5. The van der Waals surface area contributed by atoms with Gasteiger partial charge in [0.15, 0.2) is 6.10 Å². The van der Waals surface area contributed by atoms with Crippen LogP contribution in [-0.4, -0.2) is 65.5 Å². The maximum Gasteiger partial charge on any atom is 0.294 e. The summed E-state index contributed by atoms with van der Waals surface area (Å²) in [5.74, 6) is -2.74. The molecule has 128 valence electrons. The number of aliphatic hydroxyl groups excluding tert-OH is 4. The van der Waals surface area contributed by atoms with Crippen LogP contribution in [0.2, 0.25) is 0 Å². The molecule has 0 bridgehead atoms. The number of hydrogen-bond acceptors (Lipinski definition) is 8. The quantitative estimate of drug-likeness (QED) is 0.280. The Kier molecular flexibility index (Phi) is 6.32. The predicted octanol–water partition coefficient (Wildman–Crippen LogP) is -3.08. The largest absolute Gasteiger partial charge is 0.394 e. The molecule has 0 radical (unpaired) electrons. The van der Waals surface area contributed by atoms with Crippen LogP contribution in [0.1, 0.15) is 0 Å². The first kappa shape index (κ1) is 19.2. The van der Waals surface area contributed by atoms with Crippen molar-refractivity contribution in [1.29, 1.82) is 0 Å². The summed E-state index contributed by atoms with van der Waals surface area (Å²) in [6, 6.07) is 4.51. The lowest BCUT2D eigenvalue weighted by atomic mass is 10.0. The van der Waals surface area contributed by atoms with Crippen molar-refractivity contribution in [2.45, 2.75) is 23.2 Å². The van der Waals surface area contributed by atoms with Crippen molar-refractivity contribution in [2.24, 2.45) is 5.14 Å². The maximum atomic E-state index is 11.6. The number of nitrogens with two attached hydrogens (primary N) is 1. The number of nitrogens with one attached hydrogen (secondary N) is 1. The van der Waals surface area contributed by atoms with Crippen LogP contribution in [0.15, 0.2) is 29.2 Å². The van der Waals surface area contributed by atoms with Gasteiger partial charge in [-0.05, 0) is 24.3 Å². The molecule has 0 aliphatic heterocycles. The molecule has 1 amide bonds. The van der Waals surface area contributed by atoms with E-state index in [0.717, 1.165) is 24.3 Å². The van der Waals surface area contributed by atoms with Crippen LogP contribution < -0.4 is 10.5 Å². The van der Waals surface area contributed by atoms with Crippen LogP contribution in [0.4, 0.5) is 5.69 Å². The van der Waals surface area contributed by atoms with Gasteiger partial charge in [0, 0.05) is 5.69 Å². The summed E-state index contributed by atoms with van der Waals surface area (Å²) in [4.78, 5) is 23.0. The number of sulfonamides is 1. The Balaban J connectivity index is 2.77. The SMILES string of the molecule is NS(=O)(=O)c1ccc(NC(=O)C(=O)[C@@H](O)[C@@H](O)[C@H](O)CO)cc1. The van der Waals surface area contributed by atoms with Gasteiger partial charge in [-0.15, -0.1) is 0 Å². The van der Waals surface area contributed by atoms with Crippen LogP contribution in [0.5, 0.6) is 0 Å². The smallest absolute Gasteiger partial charge is 0.294 e. The second kappa shape index (κ2) is 7.59. The highest BCUT2D eigenvalue weighted by Gasteiger charge is 2.33. The number of primary sulfonamides is 1. The molecule has 3 atom stereocenters. The molecule has 0 fully saturated rings. The molecule has 23 heavy (non-hydrogen) atoms. The third-order valence-electron chi connectivity index (χ3n) is 2.84. The number of carbonyl (C=O) groups is 2. The number of aliphatic hydroxyl groups is 4. The summed E-state index contributed by atoms with van der Waals surface area (Å²) in [7, 11) is -3.91. The highest BCUT2D eigenvalue weighted by molar-refractivity contribution is 7.89. The van der Waals surface area contributed by atoms with E-state index in [0.29, 0.717) is 0 Å². The fourth-order valence-electron chi connectivity index (χ4n) is 1.53. The lowest BCUT2D eigenvalue weighted by Crippen LogP contribution is -2.47. The number of Topliss-reactive ketones (excluding diaryl/α,β-unsaturated/α-hetero) is 1. The van der Waals surface area contributed by atoms with Crippen LogP contribution in [-0.2, 0) is 19.6 Å². The Morgan fingerprint density at radius 2 is 1.65 bits per heavy atom. The van der Waals surface area contributed by atoms with Gasteiger partial charge in [0.05, 0.1) is 11.5 Å². The van der Waals surface area contributed by atoms with E-state index in [2.05, 4.69) is 5.32 Å². The first-order valence-electron chi connectivity index (χ1n) is 6.21. The molecular formula is C12H16N2O8S. The molecule has 0 heterocycles. The predicted molar refractivity (Wildman–Crippen MR) is 76.6 cm³/mol. The van der Waals surface area contributed by atoms with Gasteiger partial charge < -0.3 is 25.7 Å². The maximum absolute atomic E-state index is 11.6. The van der Waals surface area contributed by atoms with Crippen LogP contribution in [0.25, 0.3) is 0 Å². The number of amides is 1. The van der Waals surface area contributed by atoms with E-state index in [-0.39, 0.29) is 10.6 Å². The first-order valence-corrected chi connectivity index (χ1v) is 7.75. The number of ketones is 1. The van der Waals surface area contributed by atoms with Crippen LogP contribution in [0, 0.1) is 0 Å². The van der Waals surface area contributed by atoms with E-state index in [1.807, 2.05) is 0 Å². The van der Waals surface area contributed by atoms with E-state index in [1.54, 1.807) is 0 Å². The molecule has 0 aromatic heterocycles. The van der Waals surface area contributed by atoms with Crippen LogP contribution >= 0.6 is 0 Å². The molecule has 1 aromatic carbocycles. The molecular weight excluding hydrogens is 332 g/mol. The van der Waals surface area contributed by atoms with Gasteiger partial charge in [-0.1, -0.05) is 0 Å². The lowest BCUT2D eigenvalue weighted by molar-refractivity contribution is -0.148. The van der Waals surface area contributed by atoms with Crippen molar-refractivity contribution >= 4 is 27.4 Å². The van der Waals surface area contributed by atoms with Gasteiger partial charge in [0.1, 0.15) is 12.2 Å². The Morgan fingerprint density at radius 1 is 1.13 bits per heavy atom. The molecule has 11 heteroatoms.